The van der Waals surface area contributed by atoms with Crippen molar-refractivity contribution in [1.29, 1.82) is 0 Å². The van der Waals surface area contributed by atoms with Gasteiger partial charge in [0, 0.05) is 30.4 Å². The van der Waals surface area contributed by atoms with Crippen LogP contribution in [0.15, 0.2) is 58.1 Å². The van der Waals surface area contributed by atoms with E-state index in [-0.39, 0.29) is 30.0 Å². The van der Waals surface area contributed by atoms with Crippen LogP contribution in [0.25, 0.3) is 11.0 Å². The van der Waals surface area contributed by atoms with Gasteiger partial charge < -0.3 is 15.1 Å². The van der Waals surface area contributed by atoms with E-state index >= 15 is 0 Å². The Kier molecular flexibility index (Phi) is 8.09. The molecular formula is C21H27IN4O. The van der Waals surface area contributed by atoms with Gasteiger partial charge in [0.1, 0.15) is 11.3 Å². The lowest BCUT2D eigenvalue weighted by atomic mass is 10.2. The molecule has 0 radical (unpaired) electrons. The Morgan fingerprint density at radius 3 is 2.74 bits per heavy atom. The average molecular weight is 478 g/mol. The minimum atomic E-state index is 0. The highest BCUT2D eigenvalue weighted by Gasteiger charge is 2.12. The summed E-state index contributed by atoms with van der Waals surface area (Å²) >= 11 is 0. The van der Waals surface area contributed by atoms with Gasteiger partial charge >= 0.3 is 0 Å². The van der Waals surface area contributed by atoms with Gasteiger partial charge in [-0.3, -0.25) is 9.98 Å². The van der Waals surface area contributed by atoms with E-state index in [2.05, 4.69) is 52.7 Å². The number of para-hydroxylation sites is 1. The molecule has 27 heavy (non-hydrogen) atoms. The van der Waals surface area contributed by atoms with Gasteiger partial charge in [0.15, 0.2) is 5.96 Å². The summed E-state index contributed by atoms with van der Waals surface area (Å²) in [5, 5.41) is 7.83. The van der Waals surface area contributed by atoms with E-state index in [9.17, 15) is 0 Å². The molecule has 6 heteroatoms. The molecule has 144 valence electrons. The number of hydrogen-bond acceptors (Lipinski definition) is 3. The molecule has 0 bridgehead atoms. The number of aliphatic imine (C=N–C) groups is 1. The van der Waals surface area contributed by atoms with E-state index in [4.69, 9.17) is 4.42 Å². The smallest absolute Gasteiger partial charge is 0.191 e. The zero-order valence-corrected chi connectivity index (χ0v) is 18.4. The van der Waals surface area contributed by atoms with Crippen molar-refractivity contribution >= 4 is 40.9 Å². The third-order valence-electron chi connectivity index (χ3n) is 4.21. The summed E-state index contributed by atoms with van der Waals surface area (Å²) in [5.74, 6) is 1.69. The maximum atomic E-state index is 5.94. The van der Waals surface area contributed by atoms with Crippen molar-refractivity contribution in [2.45, 2.75) is 33.2 Å². The number of pyridine rings is 1. The van der Waals surface area contributed by atoms with Gasteiger partial charge in [-0.25, -0.2) is 0 Å². The number of nitrogens with one attached hydrogen (secondary N) is 2. The molecule has 0 amide bonds. The Morgan fingerprint density at radius 2 is 2.04 bits per heavy atom. The summed E-state index contributed by atoms with van der Waals surface area (Å²) in [6, 6.07) is 14.3. The number of aromatic nitrogens is 1. The maximum absolute atomic E-state index is 5.94. The molecule has 0 saturated heterocycles. The quantitative estimate of drug-likeness (QED) is 0.309. The molecule has 2 heterocycles. The van der Waals surface area contributed by atoms with Gasteiger partial charge in [-0.1, -0.05) is 24.3 Å². The van der Waals surface area contributed by atoms with Crippen LogP contribution in [0.1, 0.15) is 36.9 Å². The zero-order valence-electron chi connectivity index (χ0n) is 16.0. The molecule has 0 saturated carbocycles. The van der Waals surface area contributed by atoms with Crippen LogP contribution in [0, 0.1) is 6.92 Å². The van der Waals surface area contributed by atoms with Crippen molar-refractivity contribution < 1.29 is 4.42 Å². The van der Waals surface area contributed by atoms with Crippen molar-refractivity contribution in [3.63, 3.8) is 0 Å². The van der Waals surface area contributed by atoms with Crippen LogP contribution in [-0.4, -0.2) is 24.0 Å². The molecule has 0 fully saturated rings. The highest BCUT2D eigenvalue weighted by atomic mass is 127. The van der Waals surface area contributed by atoms with Crippen LogP contribution < -0.4 is 10.6 Å². The lowest BCUT2D eigenvalue weighted by Crippen LogP contribution is -2.38. The summed E-state index contributed by atoms with van der Waals surface area (Å²) < 4.78 is 5.94. The van der Waals surface area contributed by atoms with E-state index < -0.39 is 0 Å². The third-order valence-corrected chi connectivity index (χ3v) is 4.21. The number of aryl methyl sites for hydroxylation is 1. The normalized spacial score (nSPS) is 12.5. The molecule has 2 aromatic heterocycles. The highest BCUT2D eigenvalue weighted by Crippen LogP contribution is 2.23. The fourth-order valence-corrected chi connectivity index (χ4v) is 2.76. The molecule has 1 unspecified atom stereocenters. The number of hydrogen-bond donors (Lipinski definition) is 2. The van der Waals surface area contributed by atoms with Crippen molar-refractivity contribution in [2.75, 3.05) is 13.1 Å². The first kappa shape index (κ1) is 21.2. The molecule has 3 aromatic rings. The summed E-state index contributed by atoms with van der Waals surface area (Å²) in [4.78, 5) is 9.01. The summed E-state index contributed by atoms with van der Waals surface area (Å²) in [7, 11) is 0. The van der Waals surface area contributed by atoms with Crippen LogP contribution in [0.3, 0.4) is 0 Å². The van der Waals surface area contributed by atoms with Crippen LogP contribution in [0.2, 0.25) is 0 Å². The molecular weight excluding hydrogens is 451 g/mol. The van der Waals surface area contributed by atoms with Crippen LogP contribution in [0.4, 0.5) is 0 Å². The average Bonchev–Trinajstić information content (AvgIpc) is 3.08. The summed E-state index contributed by atoms with van der Waals surface area (Å²) in [6.07, 6.45) is 2.78. The topological polar surface area (TPSA) is 62.5 Å². The fourth-order valence-electron chi connectivity index (χ4n) is 2.76. The molecule has 0 spiro atoms. The van der Waals surface area contributed by atoms with Gasteiger partial charge in [-0.2, -0.15) is 0 Å². The lowest BCUT2D eigenvalue weighted by Gasteiger charge is -2.16. The Morgan fingerprint density at radius 1 is 1.22 bits per heavy atom. The van der Waals surface area contributed by atoms with Gasteiger partial charge in [0.2, 0.25) is 0 Å². The second-order valence-electron chi connectivity index (χ2n) is 6.37. The first-order chi connectivity index (χ1) is 12.7. The molecule has 1 aromatic carbocycles. The van der Waals surface area contributed by atoms with E-state index in [1.54, 1.807) is 0 Å². The standard InChI is InChI=1S/C21H26N4O.HI/c1-4-22-21(23-12-11-17-10-9-15(2)24-14-17)25-16(3)20-13-18-7-5-6-8-19(18)26-20;/h5-10,13-14,16H,4,11-12H2,1-3H3,(H2,22,23,25);1H. The number of benzene rings is 1. The molecule has 0 aliphatic carbocycles. The molecule has 3 rings (SSSR count). The number of fused-ring (bicyclic) bond motifs is 1. The predicted molar refractivity (Wildman–Crippen MR) is 122 cm³/mol. The number of guanidine groups is 1. The van der Waals surface area contributed by atoms with E-state index in [0.717, 1.165) is 41.3 Å². The number of furan rings is 1. The monoisotopic (exact) mass is 478 g/mol. The molecule has 1 atom stereocenters. The predicted octanol–water partition coefficient (Wildman–Crippen LogP) is 4.61. The Hall–Kier alpha value is -2.09. The van der Waals surface area contributed by atoms with Crippen LogP contribution in [-0.2, 0) is 6.42 Å². The maximum Gasteiger partial charge on any atom is 0.191 e. The van der Waals surface area contributed by atoms with Gasteiger partial charge in [0.05, 0.1) is 6.04 Å². The third kappa shape index (κ3) is 5.95. The van der Waals surface area contributed by atoms with Crippen LogP contribution in [0.5, 0.6) is 0 Å². The van der Waals surface area contributed by atoms with Crippen molar-refractivity contribution in [3.8, 4) is 0 Å². The molecule has 0 aliphatic heterocycles. The first-order valence-electron chi connectivity index (χ1n) is 9.10. The largest absolute Gasteiger partial charge is 0.459 e. The van der Waals surface area contributed by atoms with Crippen LogP contribution >= 0.6 is 24.0 Å². The number of halogens is 1. The minimum Gasteiger partial charge on any atom is -0.459 e. The van der Waals surface area contributed by atoms with Crippen molar-refractivity contribution in [1.82, 2.24) is 15.6 Å². The second kappa shape index (κ2) is 10.3. The zero-order chi connectivity index (χ0) is 18.4. The van der Waals surface area contributed by atoms with Gasteiger partial charge in [-0.15, -0.1) is 24.0 Å². The molecule has 0 aliphatic rings. The van der Waals surface area contributed by atoms with Gasteiger partial charge in [0.25, 0.3) is 0 Å². The number of nitrogens with zero attached hydrogens (tertiary/aromatic N) is 2. The Bertz CT molecular complexity index is 840. The molecule has 5 nitrogen and oxygen atoms in total. The lowest BCUT2D eigenvalue weighted by molar-refractivity contribution is 0.488. The second-order valence-corrected chi connectivity index (χ2v) is 6.37. The minimum absolute atomic E-state index is 0. The SMILES string of the molecule is CCNC(=NCCc1ccc(C)nc1)NC(C)c1cc2ccccc2o1.I. The first-order valence-corrected chi connectivity index (χ1v) is 9.10. The summed E-state index contributed by atoms with van der Waals surface area (Å²) in [5.41, 5.74) is 3.14. The Balaban J connectivity index is 0.00000261. The van der Waals surface area contributed by atoms with E-state index in [1.807, 2.05) is 37.4 Å². The van der Waals surface area contributed by atoms with Crippen molar-refractivity contribution in [2.24, 2.45) is 4.99 Å². The summed E-state index contributed by atoms with van der Waals surface area (Å²) in [6.45, 7) is 7.65. The Labute approximate surface area is 177 Å². The van der Waals surface area contributed by atoms with Gasteiger partial charge in [-0.05, 0) is 51.0 Å². The van der Waals surface area contributed by atoms with E-state index in [0.29, 0.717) is 6.54 Å². The molecule has 2 N–H and O–H groups in total. The van der Waals surface area contributed by atoms with Crippen molar-refractivity contribution in [3.05, 3.63) is 65.7 Å². The number of rotatable bonds is 6. The fraction of sp³-hybridized carbons (Fsp3) is 0.333. The highest BCUT2D eigenvalue weighted by molar-refractivity contribution is 14.0. The van der Waals surface area contributed by atoms with E-state index in [1.165, 1.54) is 5.56 Å².